The highest BCUT2D eigenvalue weighted by molar-refractivity contribution is 5.96. The van der Waals surface area contributed by atoms with Gasteiger partial charge in [-0.3, -0.25) is 9.55 Å². The van der Waals surface area contributed by atoms with E-state index in [1.807, 2.05) is 42.6 Å². The number of hydrogen-bond acceptors (Lipinski definition) is 3. The van der Waals surface area contributed by atoms with Crippen LogP contribution in [0.3, 0.4) is 0 Å². The highest BCUT2D eigenvalue weighted by atomic mass is 16.3. The molecule has 0 unspecified atom stereocenters. The average molecular weight is 496 g/mol. The molecular formula is C34H29N3O. The van der Waals surface area contributed by atoms with Gasteiger partial charge in [0.2, 0.25) is 0 Å². The Labute approximate surface area is 222 Å². The molecule has 6 rings (SSSR count). The van der Waals surface area contributed by atoms with Gasteiger partial charge in [0.05, 0.1) is 22.3 Å². The summed E-state index contributed by atoms with van der Waals surface area (Å²) in [6, 6.07) is 36.5. The first-order valence-electron chi connectivity index (χ1n) is 13.0. The van der Waals surface area contributed by atoms with E-state index in [0.717, 1.165) is 45.5 Å². The number of imidazole rings is 1. The SMILES string of the molecule is CC(C)Cc1ccc(-c2cccc(-c3cccc4c3nc(-c3ccccc3O)n4-c3ccccc3)c2)nc1. The molecule has 2 aromatic heterocycles. The van der Waals surface area contributed by atoms with Crippen LogP contribution in [0, 0.1) is 5.92 Å². The van der Waals surface area contributed by atoms with Gasteiger partial charge in [0.15, 0.2) is 0 Å². The second-order valence-corrected chi connectivity index (χ2v) is 10.0. The van der Waals surface area contributed by atoms with E-state index in [0.29, 0.717) is 17.3 Å². The standard InChI is InChI=1S/C34H29N3O/c1-23(2)20-24-18-19-30(35-22-24)26-11-8-10-25(21-26)28-15-9-16-31-33(28)36-34(29-14-6-7-17-32(29)38)37(31)27-12-4-3-5-13-27/h3-19,21-23,38H,20H2,1-2H3. The van der Waals surface area contributed by atoms with E-state index >= 15 is 0 Å². The number of pyridine rings is 1. The number of aromatic nitrogens is 3. The fraction of sp³-hybridized carbons (Fsp3) is 0.118. The summed E-state index contributed by atoms with van der Waals surface area (Å²) in [6.45, 7) is 4.45. The number of phenols is 1. The zero-order valence-electron chi connectivity index (χ0n) is 21.5. The van der Waals surface area contributed by atoms with E-state index in [1.165, 1.54) is 5.56 Å². The molecule has 0 fully saturated rings. The van der Waals surface area contributed by atoms with E-state index in [9.17, 15) is 5.11 Å². The molecule has 0 saturated heterocycles. The van der Waals surface area contributed by atoms with E-state index in [2.05, 4.69) is 85.1 Å². The zero-order chi connectivity index (χ0) is 26.1. The fourth-order valence-electron chi connectivity index (χ4n) is 5.05. The van der Waals surface area contributed by atoms with Crippen molar-refractivity contribution in [3.05, 3.63) is 121 Å². The number of nitrogens with zero attached hydrogens (tertiary/aromatic N) is 3. The lowest BCUT2D eigenvalue weighted by Crippen LogP contribution is -1.97. The minimum absolute atomic E-state index is 0.204. The van der Waals surface area contributed by atoms with Crippen molar-refractivity contribution in [1.82, 2.24) is 14.5 Å². The van der Waals surface area contributed by atoms with Crippen molar-refractivity contribution in [2.45, 2.75) is 20.3 Å². The number of rotatable bonds is 6. The number of benzene rings is 4. The number of para-hydroxylation sites is 3. The molecular weight excluding hydrogens is 466 g/mol. The first-order valence-corrected chi connectivity index (χ1v) is 13.0. The summed E-state index contributed by atoms with van der Waals surface area (Å²) in [5, 5.41) is 10.7. The van der Waals surface area contributed by atoms with E-state index in [-0.39, 0.29) is 5.75 Å². The van der Waals surface area contributed by atoms with Crippen molar-refractivity contribution in [2.24, 2.45) is 5.92 Å². The van der Waals surface area contributed by atoms with Gasteiger partial charge in [0.25, 0.3) is 0 Å². The lowest BCUT2D eigenvalue weighted by Gasteiger charge is -2.11. The number of fused-ring (bicyclic) bond motifs is 1. The number of aromatic hydroxyl groups is 1. The lowest BCUT2D eigenvalue weighted by atomic mass is 9.99. The van der Waals surface area contributed by atoms with Gasteiger partial charge in [0, 0.05) is 23.0 Å². The van der Waals surface area contributed by atoms with Gasteiger partial charge in [-0.2, -0.15) is 0 Å². The Morgan fingerprint density at radius 2 is 1.47 bits per heavy atom. The summed E-state index contributed by atoms with van der Waals surface area (Å²) in [4.78, 5) is 9.88. The van der Waals surface area contributed by atoms with Crippen LogP contribution in [0.1, 0.15) is 19.4 Å². The van der Waals surface area contributed by atoms with Crippen LogP contribution in [0.15, 0.2) is 115 Å². The maximum absolute atomic E-state index is 10.7. The molecule has 4 heteroatoms. The van der Waals surface area contributed by atoms with Gasteiger partial charge in [0.1, 0.15) is 11.6 Å². The monoisotopic (exact) mass is 495 g/mol. The van der Waals surface area contributed by atoms with Crippen LogP contribution in [0.25, 0.3) is 50.5 Å². The maximum Gasteiger partial charge on any atom is 0.149 e. The van der Waals surface area contributed by atoms with Crippen LogP contribution < -0.4 is 0 Å². The van der Waals surface area contributed by atoms with Crippen molar-refractivity contribution in [3.8, 4) is 45.2 Å². The van der Waals surface area contributed by atoms with Crippen molar-refractivity contribution >= 4 is 11.0 Å². The van der Waals surface area contributed by atoms with E-state index in [4.69, 9.17) is 9.97 Å². The van der Waals surface area contributed by atoms with Crippen molar-refractivity contribution < 1.29 is 5.11 Å². The Kier molecular flexibility index (Phi) is 6.22. The molecule has 0 aliphatic heterocycles. The molecule has 6 aromatic rings. The van der Waals surface area contributed by atoms with E-state index in [1.54, 1.807) is 6.07 Å². The van der Waals surface area contributed by atoms with Crippen LogP contribution in [0.4, 0.5) is 0 Å². The minimum Gasteiger partial charge on any atom is -0.507 e. The van der Waals surface area contributed by atoms with Gasteiger partial charge in [-0.15, -0.1) is 0 Å². The third kappa shape index (κ3) is 4.46. The molecule has 38 heavy (non-hydrogen) atoms. The normalized spacial score (nSPS) is 11.3. The summed E-state index contributed by atoms with van der Waals surface area (Å²) in [7, 11) is 0. The average Bonchev–Trinajstić information content (AvgIpc) is 3.33. The molecule has 0 spiro atoms. The Balaban J connectivity index is 1.50. The zero-order valence-corrected chi connectivity index (χ0v) is 21.5. The topological polar surface area (TPSA) is 50.9 Å². The van der Waals surface area contributed by atoms with Crippen LogP contribution in [-0.2, 0) is 6.42 Å². The summed E-state index contributed by atoms with van der Waals surface area (Å²) < 4.78 is 2.12. The smallest absolute Gasteiger partial charge is 0.149 e. The molecule has 186 valence electrons. The third-order valence-electron chi connectivity index (χ3n) is 6.78. The van der Waals surface area contributed by atoms with Gasteiger partial charge in [-0.05, 0) is 65.9 Å². The predicted molar refractivity (Wildman–Crippen MR) is 155 cm³/mol. The first kappa shape index (κ1) is 23.7. The van der Waals surface area contributed by atoms with Crippen LogP contribution in [-0.4, -0.2) is 19.6 Å². The second kappa shape index (κ2) is 9.98. The predicted octanol–water partition coefficient (Wildman–Crippen LogP) is 8.33. The lowest BCUT2D eigenvalue weighted by molar-refractivity contribution is 0.477. The molecule has 2 heterocycles. The molecule has 1 N–H and O–H groups in total. The highest BCUT2D eigenvalue weighted by Crippen LogP contribution is 2.37. The summed E-state index contributed by atoms with van der Waals surface area (Å²) >= 11 is 0. The van der Waals surface area contributed by atoms with Crippen molar-refractivity contribution in [2.75, 3.05) is 0 Å². The van der Waals surface area contributed by atoms with Gasteiger partial charge in [-0.25, -0.2) is 4.98 Å². The minimum atomic E-state index is 0.204. The number of phenolic OH excluding ortho intramolecular Hbond substituents is 1. The molecule has 4 nitrogen and oxygen atoms in total. The van der Waals surface area contributed by atoms with E-state index < -0.39 is 0 Å². The quantitative estimate of drug-likeness (QED) is 0.253. The Morgan fingerprint density at radius 1 is 0.737 bits per heavy atom. The Hall–Kier alpha value is -4.70. The van der Waals surface area contributed by atoms with Gasteiger partial charge >= 0.3 is 0 Å². The Morgan fingerprint density at radius 3 is 2.24 bits per heavy atom. The summed E-state index contributed by atoms with van der Waals surface area (Å²) in [6.07, 6.45) is 3.02. The molecule has 0 atom stereocenters. The molecule has 0 amide bonds. The molecule has 0 saturated carbocycles. The van der Waals surface area contributed by atoms with Crippen LogP contribution >= 0.6 is 0 Å². The highest BCUT2D eigenvalue weighted by Gasteiger charge is 2.19. The van der Waals surface area contributed by atoms with Crippen LogP contribution in [0.5, 0.6) is 5.75 Å². The van der Waals surface area contributed by atoms with Crippen LogP contribution in [0.2, 0.25) is 0 Å². The second-order valence-electron chi connectivity index (χ2n) is 10.0. The fourth-order valence-corrected chi connectivity index (χ4v) is 5.05. The molecule has 4 aromatic carbocycles. The molecule has 0 aliphatic carbocycles. The van der Waals surface area contributed by atoms with Gasteiger partial charge < -0.3 is 5.11 Å². The largest absolute Gasteiger partial charge is 0.507 e. The molecule has 0 aliphatic rings. The number of hydrogen-bond donors (Lipinski definition) is 1. The Bertz CT molecular complexity index is 1720. The summed E-state index contributed by atoms with van der Waals surface area (Å²) in [5.74, 6) is 1.51. The maximum atomic E-state index is 10.7. The first-order chi connectivity index (χ1) is 18.6. The van der Waals surface area contributed by atoms with Crippen molar-refractivity contribution in [1.29, 1.82) is 0 Å². The van der Waals surface area contributed by atoms with Gasteiger partial charge in [-0.1, -0.05) is 80.6 Å². The third-order valence-corrected chi connectivity index (χ3v) is 6.78. The molecule has 0 radical (unpaired) electrons. The molecule has 0 bridgehead atoms. The van der Waals surface area contributed by atoms with Crippen molar-refractivity contribution in [3.63, 3.8) is 0 Å². The summed E-state index contributed by atoms with van der Waals surface area (Å²) in [5.41, 5.74) is 8.93.